The Hall–Kier alpha value is -2.38. The normalized spacial score (nSPS) is 15.1. The van der Waals surface area contributed by atoms with Crippen molar-refractivity contribution in [1.29, 1.82) is 0 Å². The number of halogens is 1. The van der Waals surface area contributed by atoms with Gasteiger partial charge in [0.1, 0.15) is 5.60 Å². The van der Waals surface area contributed by atoms with Crippen LogP contribution in [0.4, 0.5) is 5.69 Å². The smallest absolute Gasteiger partial charge is 0.338 e. The number of carboxylic acids is 1. The molecule has 0 radical (unpaired) electrons. The van der Waals surface area contributed by atoms with E-state index >= 15 is 0 Å². The minimum Gasteiger partial charge on any atom is -0.478 e. The van der Waals surface area contributed by atoms with Gasteiger partial charge in [0.05, 0.1) is 11.1 Å². The lowest BCUT2D eigenvalue weighted by molar-refractivity contribution is 0.00693. The van der Waals surface area contributed by atoms with E-state index in [4.69, 9.17) is 4.74 Å². The second kappa shape index (κ2) is 9.40. The number of carboxylic acid groups (broad SMARTS) is 1. The number of esters is 1. The highest BCUT2D eigenvalue weighted by molar-refractivity contribution is 9.10. The van der Waals surface area contributed by atoms with Crippen LogP contribution in [-0.4, -0.2) is 53.7 Å². The van der Waals surface area contributed by atoms with Crippen molar-refractivity contribution in [3.05, 3.63) is 63.1 Å². The second-order valence-electron chi connectivity index (χ2n) is 8.82. The van der Waals surface area contributed by atoms with Gasteiger partial charge in [-0.25, -0.2) is 9.59 Å². The molecule has 0 bridgehead atoms. The first-order chi connectivity index (χ1) is 14.5. The maximum atomic E-state index is 12.2. The molecule has 1 fully saturated rings. The van der Waals surface area contributed by atoms with E-state index in [0.29, 0.717) is 17.7 Å². The summed E-state index contributed by atoms with van der Waals surface area (Å²) in [6.45, 7) is 11.6. The lowest BCUT2D eigenvalue weighted by Crippen LogP contribution is -2.46. The van der Waals surface area contributed by atoms with Crippen LogP contribution < -0.4 is 4.90 Å². The average molecular weight is 489 g/mol. The highest BCUT2D eigenvalue weighted by Gasteiger charge is 2.22. The van der Waals surface area contributed by atoms with Gasteiger partial charge in [0.25, 0.3) is 0 Å². The topological polar surface area (TPSA) is 70.1 Å². The standard InChI is InChI=1S/C24H29BrN2O4/c1-16-19(22(28)29)9-10-21(25)20(16)15-26-11-13-27(14-12-26)18-7-5-17(6-8-18)23(30)31-24(2,3)4/h5-10H,11-15H2,1-4H3,(H,28,29). The lowest BCUT2D eigenvalue weighted by atomic mass is 10.0. The lowest BCUT2D eigenvalue weighted by Gasteiger charge is -2.36. The molecule has 7 heteroatoms. The van der Waals surface area contributed by atoms with Crippen molar-refractivity contribution in [2.24, 2.45) is 0 Å². The number of carbonyl (C=O) groups excluding carboxylic acids is 1. The number of aromatic carboxylic acids is 1. The van der Waals surface area contributed by atoms with Crippen LogP contribution in [0.5, 0.6) is 0 Å². The van der Waals surface area contributed by atoms with E-state index < -0.39 is 11.6 Å². The van der Waals surface area contributed by atoms with Gasteiger partial charge in [-0.05, 0) is 75.2 Å². The van der Waals surface area contributed by atoms with Crippen molar-refractivity contribution in [3.8, 4) is 0 Å². The van der Waals surface area contributed by atoms with Crippen molar-refractivity contribution in [2.45, 2.75) is 39.8 Å². The van der Waals surface area contributed by atoms with E-state index in [9.17, 15) is 14.7 Å². The Morgan fingerprint density at radius 1 is 1.03 bits per heavy atom. The van der Waals surface area contributed by atoms with E-state index in [1.165, 1.54) is 0 Å². The molecule has 1 aliphatic heterocycles. The highest BCUT2D eigenvalue weighted by Crippen LogP contribution is 2.26. The third-order valence-corrected chi connectivity index (χ3v) is 6.14. The Balaban J connectivity index is 1.61. The average Bonchev–Trinajstić information content (AvgIpc) is 2.70. The van der Waals surface area contributed by atoms with Crippen molar-refractivity contribution < 1.29 is 19.4 Å². The molecular weight excluding hydrogens is 460 g/mol. The van der Waals surface area contributed by atoms with Crippen LogP contribution in [-0.2, 0) is 11.3 Å². The summed E-state index contributed by atoms with van der Waals surface area (Å²) in [5.74, 6) is -1.21. The molecule has 0 aliphatic carbocycles. The van der Waals surface area contributed by atoms with Crippen LogP contribution in [0, 0.1) is 6.92 Å². The van der Waals surface area contributed by atoms with Crippen LogP contribution in [0.2, 0.25) is 0 Å². The number of hydrogen-bond acceptors (Lipinski definition) is 5. The molecule has 0 spiro atoms. The summed E-state index contributed by atoms with van der Waals surface area (Å²) < 4.78 is 6.36. The Morgan fingerprint density at radius 3 is 2.19 bits per heavy atom. The first-order valence-corrected chi connectivity index (χ1v) is 11.2. The SMILES string of the molecule is Cc1c(C(=O)O)ccc(Br)c1CN1CCN(c2ccc(C(=O)OC(C)(C)C)cc2)CC1. The van der Waals surface area contributed by atoms with Gasteiger partial charge in [0.15, 0.2) is 0 Å². The number of piperazine rings is 1. The molecule has 0 atom stereocenters. The summed E-state index contributed by atoms with van der Waals surface area (Å²) in [6, 6.07) is 11.0. The first-order valence-electron chi connectivity index (χ1n) is 10.4. The molecule has 1 saturated heterocycles. The molecule has 3 rings (SSSR count). The minimum atomic E-state index is -0.897. The van der Waals surface area contributed by atoms with Crippen molar-refractivity contribution in [3.63, 3.8) is 0 Å². The Bertz CT molecular complexity index is 959. The van der Waals surface area contributed by atoms with Gasteiger partial charge in [-0.2, -0.15) is 0 Å². The summed E-state index contributed by atoms with van der Waals surface area (Å²) in [4.78, 5) is 28.3. The number of benzene rings is 2. The summed E-state index contributed by atoms with van der Waals surface area (Å²) in [7, 11) is 0. The number of rotatable bonds is 5. The van der Waals surface area contributed by atoms with Crippen LogP contribution >= 0.6 is 15.9 Å². The first kappa shape index (κ1) is 23.3. The molecule has 166 valence electrons. The van der Waals surface area contributed by atoms with E-state index in [1.807, 2.05) is 58.0 Å². The Labute approximate surface area is 191 Å². The van der Waals surface area contributed by atoms with Crippen molar-refractivity contribution in [1.82, 2.24) is 4.90 Å². The number of anilines is 1. The third kappa shape index (κ3) is 5.86. The zero-order valence-corrected chi connectivity index (χ0v) is 20.0. The van der Waals surface area contributed by atoms with Gasteiger partial charge in [0, 0.05) is 42.9 Å². The zero-order chi connectivity index (χ0) is 22.8. The molecule has 0 aromatic heterocycles. The summed E-state index contributed by atoms with van der Waals surface area (Å²) in [6.07, 6.45) is 0. The summed E-state index contributed by atoms with van der Waals surface area (Å²) >= 11 is 3.57. The summed E-state index contributed by atoms with van der Waals surface area (Å²) in [5, 5.41) is 9.39. The summed E-state index contributed by atoms with van der Waals surface area (Å²) in [5.41, 5.74) is 3.30. The van der Waals surface area contributed by atoms with Crippen LogP contribution in [0.25, 0.3) is 0 Å². The predicted molar refractivity (Wildman–Crippen MR) is 125 cm³/mol. The number of carbonyl (C=O) groups is 2. The maximum absolute atomic E-state index is 12.2. The van der Waals surface area contributed by atoms with E-state index in [0.717, 1.165) is 47.5 Å². The molecule has 0 amide bonds. The maximum Gasteiger partial charge on any atom is 0.338 e. The van der Waals surface area contributed by atoms with Crippen molar-refractivity contribution >= 4 is 33.6 Å². The van der Waals surface area contributed by atoms with E-state index in [1.54, 1.807) is 6.07 Å². The van der Waals surface area contributed by atoms with Crippen LogP contribution in [0.3, 0.4) is 0 Å². The fourth-order valence-electron chi connectivity index (χ4n) is 3.68. The molecule has 1 heterocycles. The quantitative estimate of drug-likeness (QED) is 0.613. The van der Waals surface area contributed by atoms with Gasteiger partial charge >= 0.3 is 11.9 Å². The van der Waals surface area contributed by atoms with E-state index in [2.05, 4.69) is 25.7 Å². The monoisotopic (exact) mass is 488 g/mol. The molecule has 0 unspecified atom stereocenters. The fraction of sp³-hybridized carbons (Fsp3) is 0.417. The minimum absolute atomic E-state index is 0.312. The number of ether oxygens (including phenoxy) is 1. The molecule has 1 N–H and O–H groups in total. The molecule has 2 aromatic rings. The van der Waals surface area contributed by atoms with Gasteiger partial charge < -0.3 is 14.7 Å². The van der Waals surface area contributed by atoms with Gasteiger partial charge in [-0.15, -0.1) is 0 Å². The van der Waals surface area contributed by atoms with Gasteiger partial charge in [-0.1, -0.05) is 15.9 Å². The largest absolute Gasteiger partial charge is 0.478 e. The van der Waals surface area contributed by atoms with Gasteiger partial charge in [-0.3, -0.25) is 4.90 Å². The number of hydrogen-bond donors (Lipinski definition) is 1. The molecule has 1 aliphatic rings. The van der Waals surface area contributed by atoms with Gasteiger partial charge in [0.2, 0.25) is 0 Å². The molecular formula is C24H29BrN2O4. The molecule has 6 nitrogen and oxygen atoms in total. The molecule has 31 heavy (non-hydrogen) atoms. The second-order valence-corrected chi connectivity index (χ2v) is 9.67. The zero-order valence-electron chi connectivity index (χ0n) is 18.4. The van der Waals surface area contributed by atoms with Crippen molar-refractivity contribution in [2.75, 3.05) is 31.1 Å². The molecule has 2 aromatic carbocycles. The Morgan fingerprint density at radius 2 is 1.65 bits per heavy atom. The van der Waals surface area contributed by atoms with Crippen LogP contribution in [0.15, 0.2) is 40.9 Å². The molecule has 0 saturated carbocycles. The van der Waals surface area contributed by atoms with E-state index in [-0.39, 0.29) is 5.97 Å². The fourth-order valence-corrected chi connectivity index (χ4v) is 4.24. The number of nitrogens with zero attached hydrogens (tertiary/aromatic N) is 2. The third-order valence-electron chi connectivity index (χ3n) is 5.39. The predicted octanol–water partition coefficient (Wildman–Crippen LogP) is 4.73. The highest BCUT2D eigenvalue weighted by atomic mass is 79.9. The Kier molecular flexibility index (Phi) is 7.06. The van der Waals surface area contributed by atoms with Crippen LogP contribution in [0.1, 0.15) is 52.6 Å².